The number of halogens is 2. The molecule has 164 valence electrons. The van der Waals surface area contributed by atoms with Crippen LogP contribution in [0.4, 0.5) is 4.79 Å². The van der Waals surface area contributed by atoms with Gasteiger partial charge in [0.15, 0.2) is 0 Å². The van der Waals surface area contributed by atoms with E-state index in [1.165, 1.54) is 10.5 Å². The number of carbonyl (C=O) groups is 2. The van der Waals surface area contributed by atoms with E-state index in [1.807, 2.05) is 40.8 Å². The molecule has 0 radical (unpaired) electrons. The second-order valence-electron chi connectivity index (χ2n) is 7.58. The molecule has 9 heteroatoms. The van der Waals surface area contributed by atoms with E-state index in [4.69, 9.17) is 0 Å². The Bertz CT molecular complexity index is 852. The Morgan fingerprint density at radius 1 is 1.03 bits per heavy atom. The van der Waals surface area contributed by atoms with Crippen molar-refractivity contribution in [3.8, 4) is 0 Å². The smallest absolute Gasteiger partial charge is 0.327 e. The van der Waals surface area contributed by atoms with Crippen LogP contribution >= 0.6 is 24.8 Å². The molecule has 2 fully saturated rings. The van der Waals surface area contributed by atoms with Crippen molar-refractivity contribution < 1.29 is 9.59 Å². The lowest BCUT2D eigenvalue weighted by molar-refractivity contribution is -0.134. The van der Waals surface area contributed by atoms with Crippen molar-refractivity contribution in [3.63, 3.8) is 0 Å². The first-order valence-corrected chi connectivity index (χ1v) is 9.98. The lowest BCUT2D eigenvalue weighted by Crippen LogP contribution is -2.56. The Kier molecular flexibility index (Phi) is 8.29. The summed E-state index contributed by atoms with van der Waals surface area (Å²) < 4.78 is 1.97. The Balaban J connectivity index is 0.00000160. The number of aromatic nitrogens is 2. The van der Waals surface area contributed by atoms with Gasteiger partial charge in [-0.2, -0.15) is 0 Å². The number of piperidine rings is 1. The molecule has 1 aromatic carbocycles. The number of nitrogens with zero attached hydrogens (tertiary/aromatic N) is 4. The predicted molar refractivity (Wildman–Crippen MR) is 120 cm³/mol. The zero-order chi connectivity index (χ0) is 19.6. The van der Waals surface area contributed by atoms with Crippen LogP contribution in [0.25, 0.3) is 0 Å². The van der Waals surface area contributed by atoms with Gasteiger partial charge < -0.3 is 14.8 Å². The number of imide groups is 1. The number of hydrogen-bond acceptors (Lipinski definition) is 4. The van der Waals surface area contributed by atoms with Crippen LogP contribution in [-0.2, 0) is 17.8 Å². The minimum atomic E-state index is -0.693. The monoisotopic (exact) mass is 453 g/mol. The van der Waals surface area contributed by atoms with Gasteiger partial charge in [0, 0.05) is 32.0 Å². The molecule has 3 heterocycles. The van der Waals surface area contributed by atoms with Crippen LogP contribution in [0.2, 0.25) is 0 Å². The molecular weight excluding hydrogens is 425 g/mol. The molecule has 2 aliphatic heterocycles. The minimum Gasteiger partial charge on any atom is -0.333 e. The summed E-state index contributed by atoms with van der Waals surface area (Å²) >= 11 is 0. The van der Waals surface area contributed by atoms with Gasteiger partial charge in [0.25, 0.3) is 5.91 Å². The maximum Gasteiger partial charge on any atom is 0.327 e. The highest BCUT2D eigenvalue weighted by Gasteiger charge is 2.56. The lowest BCUT2D eigenvalue weighted by atomic mass is 9.86. The molecule has 0 saturated carbocycles. The van der Waals surface area contributed by atoms with E-state index < -0.39 is 5.54 Å². The molecule has 0 aliphatic carbocycles. The number of urea groups is 1. The second-order valence-corrected chi connectivity index (χ2v) is 7.58. The largest absolute Gasteiger partial charge is 0.333 e. The van der Waals surface area contributed by atoms with Crippen LogP contribution in [0, 0.1) is 6.92 Å². The number of nitrogens with one attached hydrogen (secondary N) is 1. The molecule has 1 spiro atoms. The average Bonchev–Trinajstić information content (AvgIpc) is 3.21. The molecule has 30 heavy (non-hydrogen) atoms. The van der Waals surface area contributed by atoms with E-state index in [-0.39, 0.29) is 36.8 Å². The first-order valence-electron chi connectivity index (χ1n) is 9.98. The SMILES string of the molecule is Cc1nccn1CCN1C(=O)N(CCc2ccccc2)C2(CCNCC2)C1=O.Cl.Cl. The van der Waals surface area contributed by atoms with Gasteiger partial charge in [-0.15, -0.1) is 24.8 Å². The second kappa shape index (κ2) is 10.3. The van der Waals surface area contributed by atoms with E-state index in [2.05, 4.69) is 22.4 Å². The van der Waals surface area contributed by atoms with Crippen molar-refractivity contribution in [2.24, 2.45) is 0 Å². The summed E-state index contributed by atoms with van der Waals surface area (Å²) in [6.45, 7) is 4.96. The van der Waals surface area contributed by atoms with E-state index in [0.29, 0.717) is 32.5 Å². The van der Waals surface area contributed by atoms with Crippen molar-refractivity contribution in [3.05, 3.63) is 54.1 Å². The summed E-state index contributed by atoms with van der Waals surface area (Å²) in [7, 11) is 0. The number of aryl methyl sites for hydroxylation is 1. The first-order chi connectivity index (χ1) is 13.6. The Labute approximate surface area is 189 Å². The van der Waals surface area contributed by atoms with Crippen LogP contribution < -0.4 is 5.32 Å². The Hall–Kier alpha value is -2.09. The molecule has 2 aliphatic rings. The summed E-state index contributed by atoms with van der Waals surface area (Å²) in [5.41, 5.74) is 0.487. The summed E-state index contributed by atoms with van der Waals surface area (Å²) in [5.74, 6) is 0.849. The highest BCUT2D eigenvalue weighted by molar-refractivity contribution is 6.07. The van der Waals surface area contributed by atoms with Gasteiger partial charge in [0.05, 0.1) is 0 Å². The third kappa shape index (κ3) is 4.48. The van der Waals surface area contributed by atoms with E-state index in [1.54, 1.807) is 6.20 Å². The van der Waals surface area contributed by atoms with E-state index >= 15 is 0 Å². The van der Waals surface area contributed by atoms with Crippen LogP contribution in [0.15, 0.2) is 42.7 Å². The van der Waals surface area contributed by atoms with Crippen molar-refractivity contribution in [2.75, 3.05) is 26.2 Å². The molecule has 0 unspecified atom stereocenters. The minimum absolute atomic E-state index is 0. The molecule has 2 aromatic rings. The zero-order valence-electron chi connectivity index (χ0n) is 17.1. The van der Waals surface area contributed by atoms with Gasteiger partial charge in [0.1, 0.15) is 11.4 Å². The third-order valence-corrected chi connectivity index (χ3v) is 6.01. The fraction of sp³-hybridized carbons (Fsp3) is 0.476. The van der Waals surface area contributed by atoms with Gasteiger partial charge >= 0.3 is 6.03 Å². The molecule has 1 N–H and O–H groups in total. The van der Waals surface area contributed by atoms with Gasteiger partial charge in [-0.1, -0.05) is 30.3 Å². The van der Waals surface area contributed by atoms with Crippen molar-refractivity contribution in [2.45, 2.75) is 38.3 Å². The molecule has 7 nitrogen and oxygen atoms in total. The Morgan fingerprint density at radius 2 is 1.73 bits per heavy atom. The number of hydrogen-bond donors (Lipinski definition) is 1. The molecule has 1 aromatic heterocycles. The van der Waals surface area contributed by atoms with E-state index in [9.17, 15) is 9.59 Å². The maximum absolute atomic E-state index is 13.4. The van der Waals surface area contributed by atoms with Gasteiger partial charge in [0.2, 0.25) is 0 Å². The van der Waals surface area contributed by atoms with Gasteiger partial charge in [-0.3, -0.25) is 9.69 Å². The number of imidazole rings is 1. The highest BCUT2D eigenvalue weighted by Crippen LogP contribution is 2.35. The summed E-state index contributed by atoms with van der Waals surface area (Å²) in [4.78, 5) is 34.1. The quantitative estimate of drug-likeness (QED) is 0.682. The molecular formula is C21H29Cl2N5O2. The van der Waals surface area contributed by atoms with Crippen LogP contribution in [0.3, 0.4) is 0 Å². The highest BCUT2D eigenvalue weighted by atomic mass is 35.5. The van der Waals surface area contributed by atoms with Crippen LogP contribution in [0.1, 0.15) is 24.2 Å². The fourth-order valence-electron chi connectivity index (χ4n) is 4.35. The number of rotatable bonds is 6. The van der Waals surface area contributed by atoms with Crippen molar-refractivity contribution >= 4 is 36.8 Å². The summed E-state index contributed by atoms with van der Waals surface area (Å²) in [6.07, 6.45) is 5.72. The normalized spacial score (nSPS) is 17.8. The van der Waals surface area contributed by atoms with Crippen molar-refractivity contribution in [1.82, 2.24) is 24.7 Å². The zero-order valence-corrected chi connectivity index (χ0v) is 18.8. The van der Waals surface area contributed by atoms with Gasteiger partial charge in [-0.05, 0) is 44.8 Å². The first kappa shape index (κ1) is 24.2. The van der Waals surface area contributed by atoms with E-state index in [0.717, 1.165) is 25.3 Å². The Morgan fingerprint density at radius 3 is 2.37 bits per heavy atom. The summed E-state index contributed by atoms with van der Waals surface area (Å²) in [5, 5.41) is 3.32. The molecule has 2 saturated heterocycles. The topological polar surface area (TPSA) is 70.5 Å². The summed E-state index contributed by atoms with van der Waals surface area (Å²) in [6, 6.07) is 9.98. The molecule has 3 amide bonds. The fourth-order valence-corrected chi connectivity index (χ4v) is 4.35. The number of benzene rings is 1. The average molecular weight is 454 g/mol. The molecule has 0 bridgehead atoms. The third-order valence-electron chi connectivity index (χ3n) is 6.01. The number of carbonyl (C=O) groups excluding carboxylic acids is 2. The molecule has 4 rings (SSSR count). The molecule has 0 atom stereocenters. The number of amides is 3. The maximum atomic E-state index is 13.4. The lowest BCUT2D eigenvalue weighted by Gasteiger charge is -2.38. The van der Waals surface area contributed by atoms with Gasteiger partial charge in [-0.25, -0.2) is 9.78 Å². The van der Waals surface area contributed by atoms with Crippen molar-refractivity contribution in [1.29, 1.82) is 0 Å². The standard InChI is InChI=1S/C21H27N5O2.2ClH/c1-17-23-12-14-24(17)15-16-25-19(27)21(8-10-22-11-9-21)26(20(25)28)13-7-18-5-3-2-4-6-18;;/h2-6,12,14,22H,7-11,13,15-16H2,1H3;2*1H. The van der Waals surface area contributed by atoms with Crippen LogP contribution in [0.5, 0.6) is 0 Å². The van der Waals surface area contributed by atoms with Crippen LogP contribution in [-0.4, -0.2) is 63.0 Å². The predicted octanol–water partition coefficient (Wildman–Crippen LogP) is 2.66.